The summed E-state index contributed by atoms with van der Waals surface area (Å²) in [6.07, 6.45) is 7.61. The van der Waals surface area contributed by atoms with Crippen molar-refractivity contribution in [2.75, 3.05) is 26.2 Å². The van der Waals surface area contributed by atoms with Crippen molar-refractivity contribution in [3.63, 3.8) is 0 Å². The fourth-order valence-corrected chi connectivity index (χ4v) is 1.82. The fraction of sp³-hybridized carbons (Fsp3) is 0.750. The molecule has 0 aromatic heterocycles. The molecule has 15 heavy (non-hydrogen) atoms. The summed E-state index contributed by atoms with van der Waals surface area (Å²) in [5, 5.41) is 3.18. The van der Waals surface area contributed by atoms with Crippen LogP contribution in [0, 0.1) is 0 Å². The van der Waals surface area contributed by atoms with Gasteiger partial charge < -0.3 is 10.2 Å². The molecule has 0 bridgehead atoms. The van der Waals surface area contributed by atoms with E-state index in [9.17, 15) is 4.79 Å². The molecule has 1 heterocycles. The van der Waals surface area contributed by atoms with Crippen molar-refractivity contribution in [1.29, 1.82) is 0 Å². The van der Waals surface area contributed by atoms with E-state index < -0.39 is 0 Å². The number of likely N-dealkylation sites (tertiary alicyclic amines) is 1. The van der Waals surface area contributed by atoms with Gasteiger partial charge in [-0.05, 0) is 38.6 Å². The van der Waals surface area contributed by atoms with E-state index in [0.29, 0.717) is 6.54 Å². The van der Waals surface area contributed by atoms with Crippen molar-refractivity contribution in [1.82, 2.24) is 10.2 Å². The van der Waals surface area contributed by atoms with Gasteiger partial charge in [-0.3, -0.25) is 4.79 Å². The molecule has 1 fully saturated rings. The second-order valence-electron chi connectivity index (χ2n) is 4.05. The molecule has 0 aliphatic carbocycles. The Labute approximate surface area is 92.5 Å². The van der Waals surface area contributed by atoms with E-state index in [0.717, 1.165) is 32.5 Å². The number of rotatable bonds is 6. The maximum Gasteiger partial charge on any atom is 0.236 e. The Bertz CT molecular complexity index is 198. The van der Waals surface area contributed by atoms with Gasteiger partial charge in [0.1, 0.15) is 0 Å². The van der Waals surface area contributed by atoms with Gasteiger partial charge in [0, 0.05) is 13.1 Å². The molecule has 0 radical (unpaired) electrons. The average Bonchev–Trinajstić information content (AvgIpc) is 2.30. The summed E-state index contributed by atoms with van der Waals surface area (Å²) in [5.41, 5.74) is 0. The highest BCUT2D eigenvalue weighted by atomic mass is 16.2. The van der Waals surface area contributed by atoms with Crippen LogP contribution in [-0.4, -0.2) is 37.0 Å². The van der Waals surface area contributed by atoms with Gasteiger partial charge in [0.2, 0.25) is 5.91 Å². The van der Waals surface area contributed by atoms with Crippen molar-refractivity contribution < 1.29 is 4.79 Å². The first-order valence-corrected chi connectivity index (χ1v) is 5.94. The number of carbonyl (C=O) groups is 1. The van der Waals surface area contributed by atoms with Crippen molar-refractivity contribution in [3.05, 3.63) is 12.7 Å². The number of carbonyl (C=O) groups excluding carboxylic acids is 1. The van der Waals surface area contributed by atoms with Crippen LogP contribution in [0.5, 0.6) is 0 Å². The Morgan fingerprint density at radius 2 is 2.07 bits per heavy atom. The highest BCUT2D eigenvalue weighted by Crippen LogP contribution is 2.08. The minimum absolute atomic E-state index is 0.258. The molecule has 3 heteroatoms. The molecule has 1 aliphatic rings. The maximum absolute atomic E-state index is 11.7. The third kappa shape index (κ3) is 4.98. The zero-order valence-electron chi connectivity index (χ0n) is 9.50. The summed E-state index contributed by atoms with van der Waals surface area (Å²) < 4.78 is 0. The monoisotopic (exact) mass is 210 g/mol. The number of allylic oxidation sites excluding steroid dienone is 1. The van der Waals surface area contributed by atoms with E-state index in [1.165, 1.54) is 19.3 Å². The average molecular weight is 210 g/mol. The van der Waals surface area contributed by atoms with Gasteiger partial charge in [-0.25, -0.2) is 0 Å². The molecule has 1 saturated heterocycles. The standard InChI is InChI=1S/C12H22N2O/c1-2-3-5-8-13-11-12(15)14-9-6-4-7-10-14/h2,13H,1,3-11H2. The summed E-state index contributed by atoms with van der Waals surface area (Å²) in [7, 11) is 0. The van der Waals surface area contributed by atoms with Crippen molar-refractivity contribution in [2.45, 2.75) is 32.1 Å². The van der Waals surface area contributed by atoms with Crippen LogP contribution in [0.3, 0.4) is 0 Å². The third-order valence-electron chi connectivity index (χ3n) is 2.75. The van der Waals surface area contributed by atoms with Crippen LogP contribution in [0.4, 0.5) is 0 Å². The van der Waals surface area contributed by atoms with Crippen molar-refractivity contribution in [2.24, 2.45) is 0 Å². The first kappa shape index (κ1) is 12.2. The Hall–Kier alpha value is -0.830. The van der Waals surface area contributed by atoms with Gasteiger partial charge in [-0.2, -0.15) is 0 Å². The van der Waals surface area contributed by atoms with Crippen LogP contribution in [0.15, 0.2) is 12.7 Å². The summed E-state index contributed by atoms with van der Waals surface area (Å²) in [6.45, 7) is 6.97. The lowest BCUT2D eigenvalue weighted by Gasteiger charge is -2.26. The first-order valence-electron chi connectivity index (χ1n) is 5.94. The molecule has 0 unspecified atom stereocenters. The van der Waals surface area contributed by atoms with Gasteiger partial charge in [0.05, 0.1) is 6.54 Å². The SMILES string of the molecule is C=CCCCNCC(=O)N1CCCCC1. The summed E-state index contributed by atoms with van der Waals surface area (Å²) in [4.78, 5) is 13.7. The van der Waals surface area contributed by atoms with Gasteiger partial charge in [0.25, 0.3) is 0 Å². The first-order chi connectivity index (χ1) is 7.34. The number of hydrogen-bond acceptors (Lipinski definition) is 2. The number of nitrogens with zero attached hydrogens (tertiary/aromatic N) is 1. The predicted molar refractivity (Wildman–Crippen MR) is 62.7 cm³/mol. The summed E-state index contributed by atoms with van der Waals surface area (Å²) >= 11 is 0. The van der Waals surface area contributed by atoms with Crippen molar-refractivity contribution in [3.8, 4) is 0 Å². The Morgan fingerprint density at radius 3 is 2.73 bits per heavy atom. The van der Waals surface area contributed by atoms with Gasteiger partial charge in [-0.1, -0.05) is 6.08 Å². The molecular formula is C12H22N2O. The summed E-state index contributed by atoms with van der Waals surface area (Å²) in [5.74, 6) is 0.258. The Kier molecular flexibility index (Phi) is 6.09. The molecule has 1 rings (SSSR count). The van der Waals surface area contributed by atoms with Gasteiger partial charge in [-0.15, -0.1) is 6.58 Å². The molecule has 1 N–H and O–H groups in total. The lowest BCUT2D eigenvalue weighted by atomic mass is 10.1. The molecule has 1 aliphatic heterocycles. The predicted octanol–water partition coefficient (Wildman–Crippen LogP) is 1.55. The van der Waals surface area contributed by atoms with E-state index >= 15 is 0 Å². The second-order valence-corrected chi connectivity index (χ2v) is 4.05. The molecule has 86 valence electrons. The van der Waals surface area contributed by atoms with Crippen LogP contribution in [0.2, 0.25) is 0 Å². The number of piperidine rings is 1. The van der Waals surface area contributed by atoms with Crippen molar-refractivity contribution >= 4 is 5.91 Å². The van der Waals surface area contributed by atoms with E-state index in [1.54, 1.807) is 0 Å². The normalized spacial score (nSPS) is 16.4. The Morgan fingerprint density at radius 1 is 1.33 bits per heavy atom. The molecule has 0 saturated carbocycles. The van der Waals surface area contributed by atoms with Crippen LogP contribution in [0.25, 0.3) is 0 Å². The quantitative estimate of drug-likeness (QED) is 0.533. The largest absolute Gasteiger partial charge is 0.342 e. The topological polar surface area (TPSA) is 32.3 Å². The lowest BCUT2D eigenvalue weighted by Crippen LogP contribution is -2.41. The van der Waals surface area contributed by atoms with E-state index in [1.807, 2.05) is 11.0 Å². The molecule has 1 amide bonds. The highest BCUT2D eigenvalue weighted by Gasteiger charge is 2.15. The number of hydrogen-bond donors (Lipinski definition) is 1. The number of unbranched alkanes of at least 4 members (excludes halogenated alkanes) is 1. The Balaban J connectivity index is 2.04. The number of amides is 1. The van der Waals surface area contributed by atoms with E-state index in [4.69, 9.17) is 0 Å². The maximum atomic E-state index is 11.7. The summed E-state index contributed by atoms with van der Waals surface area (Å²) in [6, 6.07) is 0. The van der Waals surface area contributed by atoms with Crippen LogP contribution >= 0.6 is 0 Å². The zero-order valence-corrected chi connectivity index (χ0v) is 9.50. The van der Waals surface area contributed by atoms with E-state index in [-0.39, 0.29) is 5.91 Å². The van der Waals surface area contributed by atoms with Crippen LogP contribution < -0.4 is 5.32 Å². The molecule has 0 aromatic rings. The molecular weight excluding hydrogens is 188 g/mol. The van der Waals surface area contributed by atoms with E-state index in [2.05, 4.69) is 11.9 Å². The fourth-order valence-electron chi connectivity index (χ4n) is 1.82. The molecule has 0 aromatic carbocycles. The minimum atomic E-state index is 0.258. The molecule has 3 nitrogen and oxygen atoms in total. The van der Waals surface area contributed by atoms with Gasteiger partial charge >= 0.3 is 0 Å². The highest BCUT2D eigenvalue weighted by molar-refractivity contribution is 5.78. The zero-order chi connectivity index (χ0) is 10.9. The second kappa shape index (κ2) is 7.46. The smallest absolute Gasteiger partial charge is 0.236 e. The minimum Gasteiger partial charge on any atom is -0.342 e. The van der Waals surface area contributed by atoms with Crippen LogP contribution in [0.1, 0.15) is 32.1 Å². The van der Waals surface area contributed by atoms with Gasteiger partial charge in [0.15, 0.2) is 0 Å². The third-order valence-corrected chi connectivity index (χ3v) is 2.75. The van der Waals surface area contributed by atoms with Crippen LogP contribution in [-0.2, 0) is 4.79 Å². The molecule has 0 atom stereocenters. The number of nitrogens with one attached hydrogen (secondary N) is 1. The molecule has 0 spiro atoms. The lowest BCUT2D eigenvalue weighted by molar-refractivity contribution is -0.131.